The molecule has 19 heteroatoms. The molecule has 9 N–H and O–H groups in total. The van der Waals surface area contributed by atoms with Crippen LogP contribution in [0.15, 0.2) is 34.0 Å². The summed E-state index contributed by atoms with van der Waals surface area (Å²) < 4.78 is 70.6. The van der Waals surface area contributed by atoms with Crippen LogP contribution in [-0.4, -0.2) is 63.3 Å². The number of amides is 1. The number of sulfonamides is 1. The van der Waals surface area contributed by atoms with Crippen LogP contribution in [0.1, 0.15) is 23.6 Å². The molecule has 1 unspecified atom stereocenters. The number of pyridine rings is 1. The highest BCUT2D eigenvalue weighted by molar-refractivity contribution is 7.92. The fourth-order valence-corrected chi connectivity index (χ4v) is 4.31. The van der Waals surface area contributed by atoms with Gasteiger partial charge in [-0.3, -0.25) is 24.6 Å². The number of primary amides is 1. The molecule has 0 saturated heterocycles. The second-order valence-corrected chi connectivity index (χ2v) is 9.30. The Morgan fingerprint density at radius 3 is 2.25 bits per heavy atom. The van der Waals surface area contributed by atoms with Gasteiger partial charge in [-0.15, -0.1) is 0 Å². The highest BCUT2D eigenvalue weighted by atomic mass is 32.2. The quantitative estimate of drug-likeness (QED) is 0.0814. The molecule has 1 aromatic carbocycles. The number of benzene rings is 1. The molecular formula is C21H27F3N6O9S. The van der Waals surface area contributed by atoms with Gasteiger partial charge in [0.1, 0.15) is 22.1 Å². The largest absolute Gasteiger partial charge is 0.497 e. The first-order chi connectivity index (χ1) is 18.4. The molecule has 0 spiro atoms. The Morgan fingerprint density at radius 2 is 1.77 bits per heavy atom. The van der Waals surface area contributed by atoms with Crippen molar-refractivity contribution in [3.63, 3.8) is 0 Å². The van der Waals surface area contributed by atoms with E-state index in [1.807, 2.05) is 0 Å². The van der Waals surface area contributed by atoms with E-state index in [1.54, 1.807) is 6.92 Å². The zero-order valence-electron chi connectivity index (χ0n) is 21.2. The third kappa shape index (κ3) is 9.66. The monoisotopic (exact) mass is 596 g/mol. The number of carboxylic acid groups (broad SMARTS) is 1. The minimum Gasteiger partial charge on any atom is -0.497 e. The zero-order chi connectivity index (χ0) is 30.8. The molecule has 2 rings (SSSR count). The number of ether oxygens (including phenoxy) is 2. The number of carboxylic acids is 1. The molecule has 15 nitrogen and oxygen atoms in total. The summed E-state index contributed by atoms with van der Waals surface area (Å²) in [5.74, 6) is -4.84. The first-order valence-corrected chi connectivity index (χ1v) is 12.2. The first-order valence-electron chi connectivity index (χ1n) is 10.7. The van der Waals surface area contributed by atoms with Gasteiger partial charge in [0.25, 0.3) is 15.6 Å². The van der Waals surface area contributed by atoms with Crippen molar-refractivity contribution in [2.75, 3.05) is 25.5 Å². The molecule has 0 aliphatic heterocycles. The van der Waals surface area contributed by atoms with Gasteiger partial charge in [0.05, 0.1) is 26.7 Å². The topological polar surface area (TPSA) is 249 Å². The maximum absolute atomic E-state index is 13.2. The Bertz CT molecular complexity index is 1400. The lowest BCUT2D eigenvalue weighted by Crippen LogP contribution is -2.32. The van der Waals surface area contributed by atoms with E-state index < -0.39 is 45.5 Å². The van der Waals surface area contributed by atoms with Crippen LogP contribution in [0.25, 0.3) is 0 Å². The van der Waals surface area contributed by atoms with Gasteiger partial charge in [-0.1, -0.05) is 0 Å². The Balaban J connectivity index is 0.00000101. The molecule has 0 radical (unpaired) electrons. The number of hydroxylamine groups is 1. The number of anilines is 1. The maximum atomic E-state index is 13.2. The third-order valence-corrected chi connectivity index (χ3v) is 6.12. The van der Waals surface area contributed by atoms with Crippen LogP contribution >= 0.6 is 0 Å². The molecular weight excluding hydrogens is 569 g/mol. The average Bonchev–Trinajstić information content (AvgIpc) is 2.84. The zero-order valence-corrected chi connectivity index (χ0v) is 22.0. The number of halogens is 3. The standard InChI is InChI=1S/C19H26N6O7S.C2HF3O2/c1-10-8-13(12(17(20)26)6-7-32-24-19(21)22)16(18(27)23-10)25-33(28,29)15-9-11(30-2)4-5-14(15)31-3;3-2(4,5)1(6)7/h4-5,8-9,12,25H,6-7H2,1-3H3,(H2,20,26)(H,23,27)(H4,21,22,24);(H,6,7). The predicted octanol–water partition coefficient (Wildman–Crippen LogP) is 0.508. The van der Waals surface area contributed by atoms with Crippen molar-refractivity contribution in [3.05, 3.63) is 45.9 Å². The minimum atomic E-state index is -5.08. The predicted molar refractivity (Wildman–Crippen MR) is 133 cm³/mol. The van der Waals surface area contributed by atoms with Crippen LogP contribution in [0.3, 0.4) is 0 Å². The summed E-state index contributed by atoms with van der Waals surface area (Å²) in [4.78, 5) is 41.0. The molecule has 0 fully saturated rings. The van der Waals surface area contributed by atoms with Gasteiger partial charge in [0.15, 0.2) is 0 Å². The summed E-state index contributed by atoms with van der Waals surface area (Å²) in [7, 11) is -1.69. The van der Waals surface area contributed by atoms with Crippen LogP contribution in [-0.2, 0) is 24.4 Å². The van der Waals surface area contributed by atoms with E-state index in [2.05, 4.69) is 15.2 Å². The lowest BCUT2D eigenvalue weighted by Gasteiger charge is -2.19. The normalized spacial score (nSPS) is 11.8. The minimum absolute atomic E-state index is 0.0172. The Morgan fingerprint density at radius 1 is 1.18 bits per heavy atom. The fraction of sp³-hybridized carbons (Fsp3) is 0.333. The van der Waals surface area contributed by atoms with E-state index >= 15 is 0 Å². The highest BCUT2D eigenvalue weighted by Crippen LogP contribution is 2.32. The van der Waals surface area contributed by atoms with Crippen LogP contribution < -0.4 is 36.7 Å². The van der Waals surface area contributed by atoms with Gasteiger partial charge >= 0.3 is 12.1 Å². The van der Waals surface area contributed by atoms with Gasteiger partial charge in [0, 0.05) is 11.8 Å². The van der Waals surface area contributed by atoms with Gasteiger partial charge in [0.2, 0.25) is 11.9 Å². The van der Waals surface area contributed by atoms with Crippen molar-refractivity contribution < 1.29 is 50.6 Å². The number of guanidine groups is 1. The molecule has 0 aliphatic carbocycles. The number of hydrogen-bond acceptors (Lipinski definition) is 9. The molecule has 0 saturated carbocycles. The Hall–Kier alpha value is -4.52. The molecule has 222 valence electrons. The summed E-state index contributed by atoms with van der Waals surface area (Å²) >= 11 is 0. The summed E-state index contributed by atoms with van der Waals surface area (Å²) in [6.45, 7) is 1.45. The van der Waals surface area contributed by atoms with Crippen LogP contribution in [0, 0.1) is 12.3 Å². The van der Waals surface area contributed by atoms with Gasteiger partial charge in [-0.25, -0.2) is 18.7 Å². The number of aliphatic carboxylic acids is 1. The molecule has 2 aromatic rings. The molecule has 1 aromatic heterocycles. The van der Waals surface area contributed by atoms with Crippen molar-refractivity contribution in [3.8, 4) is 11.5 Å². The van der Waals surface area contributed by atoms with Gasteiger partial charge in [-0.05, 0) is 37.1 Å². The van der Waals surface area contributed by atoms with Crippen molar-refractivity contribution in [2.45, 2.75) is 30.3 Å². The molecule has 1 heterocycles. The van der Waals surface area contributed by atoms with E-state index in [-0.39, 0.29) is 40.7 Å². The van der Waals surface area contributed by atoms with Gasteiger partial charge in [-0.2, -0.15) is 13.2 Å². The van der Waals surface area contributed by atoms with Crippen molar-refractivity contribution in [2.24, 2.45) is 11.5 Å². The number of H-pyrrole nitrogens is 1. The van der Waals surface area contributed by atoms with E-state index in [1.165, 1.54) is 38.5 Å². The summed E-state index contributed by atoms with van der Waals surface area (Å²) in [5, 5.41) is 14.2. The van der Waals surface area contributed by atoms with Crippen LogP contribution in [0.2, 0.25) is 0 Å². The van der Waals surface area contributed by atoms with E-state index in [9.17, 15) is 31.2 Å². The number of methoxy groups -OCH3 is 2. The maximum Gasteiger partial charge on any atom is 0.490 e. The Kier molecular flexibility index (Phi) is 11.8. The summed E-state index contributed by atoms with van der Waals surface area (Å²) in [6, 6.07) is 5.59. The number of hydrogen-bond donors (Lipinski definition) is 7. The van der Waals surface area contributed by atoms with E-state index in [4.69, 9.17) is 41.1 Å². The summed E-state index contributed by atoms with van der Waals surface area (Å²) in [6.07, 6.45) is -5.12. The molecule has 1 amide bonds. The van der Waals surface area contributed by atoms with E-state index in [0.29, 0.717) is 5.69 Å². The molecule has 0 aliphatic rings. The first kappa shape index (κ1) is 33.5. The van der Waals surface area contributed by atoms with Crippen molar-refractivity contribution in [1.82, 2.24) is 10.5 Å². The van der Waals surface area contributed by atoms with Crippen LogP contribution in [0.5, 0.6) is 11.5 Å². The lowest BCUT2D eigenvalue weighted by atomic mass is 9.94. The second-order valence-electron chi connectivity index (χ2n) is 7.64. The SMILES string of the molecule is COc1ccc(OC)c(S(=O)(=O)Nc2c(C(CCONC(=N)N)C(N)=O)cc(C)[nH]c2=O)c1.O=C(O)C(F)(F)F. The number of aryl methyl sites for hydroxylation is 1. The van der Waals surface area contributed by atoms with Gasteiger partial charge < -0.3 is 31.0 Å². The molecule has 0 bridgehead atoms. The number of nitrogens with two attached hydrogens (primary N) is 2. The van der Waals surface area contributed by atoms with Crippen LogP contribution in [0.4, 0.5) is 18.9 Å². The number of alkyl halides is 3. The van der Waals surface area contributed by atoms with Crippen molar-refractivity contribution in [1.29, 1.82) is 5.41 Å². The number of aromatic amines is 1. The number of aromatic nitrogens is 1. The molecule has 40 heavy (non-hydrogen) atoms. The number of rotatable bonds is 11. The average molecular weight is 597 g/mol. The number of carbonyl (C=O) groups is 2. The van der Waals surface area contributed by atoms with E-state index in [0.717, 1.165) is 0 Å². The molecule has 1 atom stereocenters. The second kappa shape index (κ2) is 14.0. The highest BCUT2D eigenvalue weighted by Gasteiger charge is 2.38. The van der Waals surface area contributed by atoms with Crippen molar-refractivity contribution >= 4 is 33.5 Å². The summed E-state index contributed by atoms with van der Waals surface area (Å²) in [5.41, 5.74) is 12.1. The smallest absolute Gasteiger partial charge is 0.490 e. The lowest BCUT2D eigenvalue weighted by molar-refractivity contribution is -0.192. The fourth-order valence-electron chi connectivity index (χ4n) is 3.03. The third-order valence-electron chi connectivity index (χ3n) is 4.75. The Labute approximate surface area is 225 Å². The number of carbonyl (C=O) groups excluding carboxylic acids is 1. The number of nitrogens with one attached hydrogen (secondary N) is 4.